The maximum atomic E-state index is 6.41. The van der Waals surface area contributed by atoms with Crippen LogP contribution in [0.1, 0.15) is 23.3 Å². The standard InChI is InChI=1S/C30H20ClNO/c31-21-12-13-23-25-16-19(10-14-27(25)32(28(23)18-21)22-6-2-1-3-7-22)20-11-15-30-26(17-20)24-8-4-5-9-29(24)33-30/h1-10,12-14,16-18H,11,15H2. The molecule has 4 aromatic carbocycles. The van der Waals surface area contributed by atoms with Crippen LogP contribution in [-0.4, -0.2) is 4.57 Å². The molecule has 1 aliphatic carbocycles. The van der Waals surface area contributed by atoms with E-state index in [9.17, 15) is 0 Å². The number of benzene rings is 4. The first-order chi connectivity index (χ1) is 16.3. The number of hydrogen-bond acceptors (Lipinski definition) is 1. The van der Waals surface area contributed by atoms with Gasteiger partial charge in [-0.2, -0.15) is 0 Å². The van der Waals surface area contributed by atoms with Crippen molar-refractivity contribution in [1.29, 1.82) is 0 Å². The van der Waals surface area contributed by atoms with E-state index in [1.165, 1.54) is 38.4 Å². The lowest BCUT2D eigenvalue weighted by Gasteiger charge is -2.14. The van der Waals surface area contributed by atoms with Crippen molar-refractivity contribution in [2.75, 3.05) is 0 Å². The molecule has 7 rings (SSSR count). The van der Waals surface area contributed by atoms with Gasteiger partial charge in [-0.15, -0.1) is 0 Å². The van der Waals surface area contributed by atoms with Gasteiger partial charge in [-0.1, -0.05) is 60.1 Å². The fraction of sp³-hybridized carbons (Fsp3) is 0.0667. The van der Waals surface area contributed by atoms with Gasteiger partial charge in [-0.25, -0.2) is 0 Å². The van der Waals surface area contributed by atoms with Crippen molar-refractivity contribution >= 4 is 56.0 Å². The molecule has 2 heterocycles. The lowest BCUT2D eigenvalue weighted by atomic mass is 9.91. The van der Waals surface area contributed by atoms with Gasteiger partial charge < -0.3 is 8.98 Å². The number of halogens is 1. The third-order valence-corrected chi connectivity index (χ3v) is 7.00. The summed E-state index contributed by atoms with van der Waals surface area (Å²) in [5.74, 6) is 1.09. The molecule has 158 valence electrons. The highest BCUT2D eigenvalue weighted by molar-refractivity contribution is 6.31. The first kappa shape index (κ1) is 18.8. The van der Waals surface area contributed by atoms with Gasteiger partial charge in [0.1, 0.15) is 11.3 Å². The Morgan fingerprint density at radius 1 is 0.697 bits per heavy atom. The summed E-state index contributed by atoms with van der Waals surface area (Å²) in [6.07, 6.45) is 4.22. The zero-order valence-corrected chi connectivity index (χ0v) is 18.6. The van der Waals surface area contributed by atoms with Crippen LogP contribution in [0, 0.1) is 0 Å². The number of allylic oxidation sites excluding steroid dienone is 1. The van der Waals surface area contributed by atoms with Gasteiger partial charge in [0.05, 0.1) is 11.0 Å². The van der Waals surface area contributed by atoms with Gasteiger partial charge in [0.25, 0.3) is 0 Å². The Morgan fingerprint density at radius 2 is 1.55 bits per heavy atom. The van der Waals surface area contributed by atoms with Crippen LogP contribution < -0.4 is 0 Å². The maximum absolute atomic E-state index is 6.41. The molecule has 0 spiro atoms. The van der Waals surface area contributed by atoms with Crippen molar-refractivity contribution in [3.8, 4) is 5.69 Å². The smallest absolute Gasteiger partial charge is 0.134 e. The van der Waals surface area contributed by atoms with Crippen molar-refractivity contribution in [2.24, 2.45) is 0 Å². The summed E-state index contributed by atoms with van der Waals surface area (Å²) in [4.78, 5) is 0. The molecule has 33 heavy (non-hydrogen) atoms. The summed E-state index contributed by atoms with van der Waals surface area (Å²) in [5, 5.41) is 4.40. The van der Waals surface area contributed by atoms with Crippen LogP contribution in [0.4, 0.5) is 0 Å². The molecule has 0 fully saturated rings. The van der Waals surface area contributed by atoms with Crippen molar-refractivity contribution in [1.82, 2.24) is 4.57 Å². The molecule has 0 aliphatic heterocycles. The highest BCUT2D eigenvalue weighted by Crippen LogP contribution is 2.39. The molecule has 0 amide bonds. The Labute approximate surface area is 196 Å². The van der Waals surface area contributed by atoms with Gasteiger partial charge >= 0.3 is 0 Å². The normalized spacial score (nSPS) is 13.5. The second-order valence-corrected chi connectivity index (χ2v) is 9.11. The summed E-state index contributed by atoms with van der Waals surface area (Å²) >= 11 is 6.41. The Kier molecular flexibility index (Phi) is 4.06. The predicted molar refractivity (Wildman–Crippen MR) is 138 cm³/mol. The summed E-state index contributed by atoms with van der Waals surface area (Å²) in [6, 6.07) is 31.8. The second-order valence-electron chi connectivity index (χ2n) is 8.67. The van der Waals surface area contributed by atoms with Gasteiger partial charge in [-0.3, -0.25) is 0 Å². The molecule has 0 unspecified atom stereocenters. The second kappa shape index (κ2) is 7.13. The van der Waals surface area contributed by atoms with E-state index in [0.717, 1.165) is 40.4 Å². The molecule has 0 N–H and O–H groups in total. The average Bonchev–Trinajstić information content (AvgIpc) is 3.38. The Morgan fingerprint density at radius 3 is 2.45 bits per heavy atom. The van der Waals surface area contributed by atoms with Crippen molar-refractivity contribution in [3.05, 3.63) is 113 Å². The van der Waals surface area contributed by atoms with E-state index < -0.39 is 0 Å². The molecule has 6 aromatic rings. The quantitative estimate of drug-likeness (QED) is 0.260. The minimum atomic E-state index is 0.747. The number of aromatic nitrogens is 1. The van der Waals surface area contributed by atoms with Crippen molar-refractivity contribution in [2.45, 2.75) is 12.8 Å². The molecule has 0 bridgehead atoms. The van der Waals surface area contributed by atoms with E-state index in [1.807, 2.05) is 18.2 Å². The maximum Gasteiger partial charge on any atom is 0.134 e. The summed E-state index contributed by atoms with van der Waals surface area (Å²) in [5.41, 5.74) is 8.27. The fourth-order valence-electron chi connectivity index (χ4n) is 5.23. The monoisotopic (exact) mass is 445 g/mol. The van der Waals surface area contributed by atoms with E-state index in [-0.39, 0.29) is 0 Å². The first-order valence-electron chi connectivity index (χ1n) is 11.3. The van der Waals surface area contributed by atoms with Crippen LogP contribution in [0.25, 0.3) is 50.1 Å². The number of aryl methyl sites for hydroxylation is 1. The highest BCUT2D eigenvalue weighted by Gasteiger charge is 2.20. The average molecular weight is 446 g/mol. The molecule has 2 aromatic heterocycles. The van der Waals surface area contributed by atoms with Crippen LogP contribution in [-0.2, 0) is 6.42 Å². The molecule has 0 atom stereocenters. The molecule has 0 radical (unpaired) electrons. The topological polar surface area (TPSA) is 18.1 Å². The molecule has 3 heteroatoms. The van der Waals surface area contributed by atoms with E-state index in [1.54, 1.807) is 0 Å². The van der Waals surface area contributed by atoms with Crippen LogP contribution in [0.3, 0.4) is 0 Å². The first-order valence-corrected chi connectivity index (χ1v) is 11.6. The molecule has 0 saturated carbocycles. The lowest BCUT2D eigenvalue weighted by Crippen LogP contribution is -1.97. The molecule has 2 nitrogen and oxygen atoms in total. The zero-order chi connectivity index (χ0) is 21.9. The van der Waals surface area contributed by atoms with Crippen LogP contribution in [0.5, 0.6) is 0 Å². The number of para-hydroxylation sites is 2. The molecular weight excluding hydrogens is 426 g/mol. The van der Waals surface area contributed by atoms with E-state index in [4.69, 9.17) is 16.0 Å². The van der Waals surface area contributed by atoms with Gasteiger partial charge in [0.15, 0.2) is 0 Å². The van der Waals surface area contributed by atoms with Crippen LogP contribution >= 0.6 is 11.6 Å². The lowest BCUT2D eigenvalue weighted by molar-refractivity contribution is 0.548. The number of furan rings is 1. The van der Waals surface area contributed by atoms with Gasteiger partial charge in [-0.05, 0) is 66.1 Å². The Balaban J connectivity index is 1.45. The number of fused-ring (bicyclic) bond motifs is 6. The number of hydrogen-bond donors (Lipinski definition) is 0. The third kappa shape index (κ3) is 2.88. The Hall–Kier alpha value is -3.75. The number of rotatable bonds is 2. The highest BCUT2D eigenvalue weighted by atomic mass is 35.5. The minimum Gasteiger partial charge on any atom is -0.460 e. The van der Waals surface area contributed by atoms with E-state index >= 15 is 0 Å². The number of nitrogens with zero attached hydrogens (tertiary/aromatic N) is 1. The summed E-state index contributed by atoms with van der Waals surface area (Å²) < 4.78 is 8.41. The SMILES string of the molecule is Clc1ccc2c3cc(C4=Cc5c(oc6ccccc56)CC4)ccc3n(-c3ccccc3)c2c1. The minimum absolute atomic E-state index is 0.747. The molecule has 0 saturated heterocycles. The van der Waals surface area contributed by atoms with Gasteiger partial charge in [0.2, 0.25) is 0 Å². The summed E-state index contributed by atoms with van der Waals surface area (Å²) in [6.45, 7) is 0. The van der Waals surface area contributed by atoms with E-state index in [2.05, 4.69) is 83.4 Å². The Bertz CT molecular complexity index is 1720. The van der Waals surface area contributed by atoms with Crippen molar-refractivity contribution in [3.63, 3.8) is 0 Å². The third-order valence-electron chi connectivity index (χ3n) is 6.76. The fourth-order valence-corrected chi connectivity index (χ4v) is 5.40. The van der Waals surface area contributed by atoms with Crippen LogP contribution in [0.15, 0.2) is 95.4 Å². The van der Waals surface area contributed by atoms with Gasteiger partial charge in [0, 0.05) is 38.9 Å². The van der Waals surface area contributed by atoms with E-state index in [0.29, 0.717) is 0 Å². The predicted octanol–water partition coefficient (Wildman–Crippen LogP) is 8.67. The van der Waals surface area contributed by atoms with Crippen molar-refractivity contribution < 1.29 is 4.42 Å². The van der Waals surface area contributed by atoms with Crippen LogP contribution in [0.2, 0.25) is 5.02 Å². The largest absolute Gasteiger partial charge is 0.460 e. The molecular formula is C30H20ClNO. The zero-order valence-electron chi connectivity index (χ0n) is 17.9. The molecule has 1 aliphatic rings. The summed E-state index contributed by atoms with van der Waals surface area (Å²) in [7, 11) is 0.